The Kier molecular flexibility index (Phi) is 5.75. The van der Waals surface area contributed by atoms with Crippen LogP contribution in [0.25, 0.3) is 0 Å². The summed E-state index contributed by atoms with van der Waals surface area (Å²) in [6.45, 7) is 1.13. The lowest BCUT2D eigenvalue weighted by Gasteiger charge is -2.35. The van der Waals surface area contributed by atoms with Gasteiger partial charge in [0.05, 0.1) is 0 Å². The summed E-state index contributed by atoms with van der Waals surface area (Å²) >= 11 is 0. The zero-order valence-electron chi connectivity index (χ0n) is 15.6. The maximum atomic E-state index is 12.8. The third kappa shape index (κ3) is 4.27. The average molecular weight is 398 g/mol. The van der Waals surface area contributed by atoms with Crippen molar-refractivity contribution in [1.29, 1.82) is 0 Å². The number of sulfonamides is 1. The summed E-state index contributed by atoms with van der Waals surface area (Å²) in [5, 5.41) is 3.06. The highest BCUT2D eigenvalue weighted by Crippen LogP contribution is 2.21. The van der Waals surface area contributed by atoms with Crippen LogP contribution in [0.4, 0.5) is 4.79 Å². The summed E-state index contributed by atoms with van der Waals surface area (Å²) in [5.74, 6) is -0.678. The molecule has 0 aromatic carbocycles. The predicted octanol–water partition coefficient (Wildman–Crippen LogP) is 0.473. The molecule has 2 fully saturated rings. The Bertz CT molecular complexity index is 805. The van der Waals surface area contributed by atoms with E-state index in [1.807, 2.05) is 0 Å². The fraction of sp³-hybridized carbons (Fsp3) is 0.647. The second kappa shape index (κ2) is 7.89. The van der Waals surface area contributed by atoms with Crippen LogP contribution in [-0.2, 0) is 17.1 Å². The lowest BCUT2D eigenvalue weighted by Crippen LogP contribution is -2.54. The van der Waals surface area contributed by atoms with E-state index in [2.05, 4.69) is 5.32 Å². The highest BCUT2D eigenvalue weighted by Gasteiger charge is 2.32. The van der Waals surface area contributed by atoms with Gasteiger partial charge in [-0.25, -0.2) is 13.2 Å². The number of aryl methyl sites for hydroxylation is 1. The quantitative estimate of drug-likeness (QED) is 0.768. The number of amides is 3. The lowest BCUT2D eigenvalue weighted by atomic mass is 9.96. The number of nitrogens with one attached hydrogen (secondary N) is 1. The second-order valence-corrected chi connectivity index (χ2v) is 9.15. The van der Waals surface area contributed by atoms with Crippen LogP contribution < -0.4 is 11.1 Å². The van der Waals surface area contributed by atoms with E-state index < -0.39 is 15.9 Å². The summed E-state index contributed by atoms with van der Waals surface area (Å²) in [4.78, 5) is 25.5. The summed E-state index contributed by atoms with van der Waals surface area (Å²) in [6, 6.07) is 1.40. The van der Waals surface area contributed by atoms with Crippen molar-refractivity contribution in [3.05, 3.63) is 18.0 Å². The molecular weight excluding hydrogens is 370 g/mol. The Morgan fingerprint density at radius 2 is 1.74 bits per heavy atom. The number of primary amides is 1. The van der Waals surface area contributed by atoms with Crippen LogP contribution in [-0.4, -0.2) is 66.3 Å². The van der Waals surface area contributed by atoms with Crippen molar-refractivity contribution in [3.63, 3.8) is 0 Å². The number of nitrogens with zero attached hydrogens (tertiary/aromatic N) is 3. The van der Waals surface area contributed by atoms with Gasteiger partial charge in [-0.1, -0.05) is 19.3 Å². The zero-order valence-corrected chi connectivity index (χ0v) is 16.4. The molecule has 0 unspecified atom stereocenters. The van der Waals surface area contributed by atoms with Crippen molar-refractivity contribution < 1.29 is 18.0 Å². The van der Waals surface area contributed by atoms with Gasteiger partial charge in [0.1, 0.15) is 10.6 Å². The minimum Gasteiger partial charge on any atom is -0.364 e. The lowest BCUT2D eigenvalue weighted by molar-refractivity contribution is 0.0992. The molecule has 1 saturated heterocycles. The van der Waals surface area contributed by atoms with Gasteiger partial charge < -0.3 is 20.5 Å². The van der Waals surface area contributed by atoms with E-state index in [-0.39, 0.29) is 35.8 Å². The molecule has 1 aliphatic carbocycles. The first-order valence-corrected chi connectivity index (χ1v) is 10.7. The number of aromatic nitrogens is 1. The monoisotopic (exact) mass is 397 g/mol. The number of nitrogens with two attached hydrogens (primary N) is 1. The molecule has 0 bridgehead atoms. The number of carbonyl (C=O) groups excluding carboxylic acids is 2. The summed E-state index contributed by atoms with van der Waals surface area (Å²) in [6.07, 6.45) is 6.91. The van der Waals surface area contributed by atoms with Crippen molar-refractivity contribution in [1.82, 2.24) is 19.1 Å². The van der Waals surface area contributed by atoms with E-state index in [0.717, 1.165) is 25.7 Å². The van der Waals surface area contributed by atoms with Gasteiger partial charge in [-0.3, -0.25) is 4.79 Å². The Morgan fingerprint density at radius 1 is 1.11 bits per heavy atom. The van der Waals surface area contributed by atoms with Gasteiger partial charge in [0.15, 0.2) is 0 Å². The second-order valence-electron chi connectivity index (χ2n) is 7.21. The van der Waals surface area contributed by atoms with Crippen LogP contribution in [0, 0.1) is 0 Å². The smallest absolute Gasteiger partial charge is 0.317 e. The van der Waals surface area contributed by atoms with Crippen LogP contribution in [0.15, 0.2) is 17.2 Å². The van der Waals surface area contributed by atoms with Crippen LogP contribution in [0.1, 0.15) is 42.6 Å². The molecule has 3 N–H and O–H groups in total. The van der Waals surface area contributed by atoms with Gasteiger partial charge in [-0.15, -0.1) is 0 Å². The maximum Gasteiger partial charge on any atom is 0.317 e. The minimum atomic E-state index is -3.73. The molecule has 2 heterocycles. The zero-order chi connectivity index (χ0) is 19.6. The van der Waals surface area contributed by atoms with Gasteiger partial charge in [-0.05, 0) is 18.9 Å². The fourth-order valence-electron chi connectivity index (χ4n) is 3.71. The first kappa shape index (κ1) is 19.7. The van der Waals surface area contributed by atoms with E-state index in [4.69, 9.17) is 5.73 Å². The van der Waals surface area contributed by atoms with Crippen LogP contribution in [0.2, 0.25) is 0 Å². The first-order chi connectivity index (χ1) is 12.8. The predicted molar refractivity (Wildman–Crippen MR) is 99.7 cm³/mol. The fourth-order valence-corrected chi connectivity index (χ4v) is 5.21. The van der Waals surface area contributed by atoms with Crippen LogP contribution in [0.3, 0.4) is 0 Å². The SMILES string of the molecule is Cn1cc(S(=O)(=O)N2CCN(C(=O)NC3CCCCC3)CC2)cc1C(N)=O. The number of hydrogen-bond acceptors (Lipinski definition) is 4. The van der Waals surface area contributed by atoms with Gasteiger partial charge in [0.25, 0.3) is 5.91 Å². The molecule has 9 nitrogen and oxygen atoms in total. The molecule has 2 aliphatic rings. The standard InChI is InChI=1S/C17H27N5O4S/c1-20-12-14(11-15(20)16(18)23)27(25,26)22-9-7-21(8-10-22)17(24)19-13-5-3-2-4-6-13/h11-13H,2-10H2,1H3,(H2,18,23)(H,19,24). The third-order valence-corrected chi connectivity index (χ3v) is 7.19. The normalized spacial score (nSPS) is 19.8. The number of rotatable bonds is 4. The number of carbonyl (C=O) groups is 2. The molecule has 150 valence electrons. The highest BCUT2D eigenvalue weighted by atomic mass is 32.2. The molecule has 0 atom stereocenters. The third-order valence-electron chi connectivity index (χ3n) is 5.33. The Balaban J connectivity index is 1.60. The average Bonchev–Trinajstić information content (AvgIpc) is 3.05. The largest absolute Gasteiger partial charge is 0.364 e. The summed E-state index contributed by atoms with van der Waals surface area (Å²) < 4.78 is 28.4. The van der Waals surface area contributed by atoms with Crippen molar-refractivity contribution in [2.75, 3.05) is 26.2 Å². The van der Waals surface area contributed by atoms with E-state index in [1.165, 1.54) is 27.6 Å². The summed E-state index contributed by atoms with van der Waals surface area (Å²) in [5.41, 5.74) is 5.40. The molecule has 1 saturated carbocycles. The van der Waals surface area contributed by atoms with Gasteiger partial charge >= 0.3 is 6.03 Å². The topological polar surface area (TPSA) is 118 Å². The maximum absolute atomic E-state index is 12.8. The van der Waals surface area contributed by atoms with E-state index in [9.17, 15) is 18.0 Å². The van der Waals surface area contributed by atoms with Crippen LogP contribution in [0.5, 0.6) is 0 Å². The molecule has 10 heteroatoms. The number of piperazine rings is 1. The molecule has 3 amide bonds. The molecule has 1 aromatic rings. The van der Waals surface area contributed by atoms with Crippen molar-refractivity contribution >= 4 is 22.0 Å². The minimum absolute atomic E-state index is 0.0407. The van der Waals surface area contributed by atoms with E-state index in [0.29, 0.717) is 13.1 Å². The van der Waals surface area contributed by atoms with E-state index >= 15 is 0 Å². The first-order valence-electron chi connectivity index (χ1n) is 9.31. The molecule has 3 rings (SSSR count). The van der Waals surface area contributed by atoms with Crippen molar-refractivity contribution in [3.8, 4) is 0 Å². The molecule has 27 heavy (non-hydrogen) atoms. The molecular formula is C17H27N5O4S. The van der Waals surface area contributed by atoms with Gasteiger partial charge in [-0.2, -0.15) is 4.31 Å². The highest BCUT2D eigenvalue weighted by molar-refractivity contribution is 7.89. The van der Waals surface area contributed by atoms with Crippen molar-refractivity contribution in [2.24, 2.45) is 12.8 Å². The van der Waals surface area contributed by atoms with E-state index in [1.54, 1.807) is 11.9 Å². The number of urea groups is 1. The molecule has 0 spiro atoms. The Hall–Kier alpha value is -2.07. The Morgan fingerprint density at radius 3 is 2.30 bits per heavy atom. The van der Waals surface area contributed by atoms with Crippen LogP contribution >= 0.6 is 0 Å². The number of hydrogen-bond donors (Lipinski definition) is 2. The van der Waals surface area contributed by atoms with Gasteiger partial charge in [0.2, 0.25) is 10.0 Å². The molecule has 0 radical (unpaired) electrons. The Labute approximate surface area is 159 Å². The summed E-state index contributed by atoms with van der Waals surface area (Å²) in [7, 11) is -2.15. The molecule has 1 aromatic heterocycles. The van der Waals surface area contributed by atoms with Gasteiger partial charge in [0, 0.05) is 45.5 Å². The molecule has 1 aliphatic heterocycles. The van der Waals surface area contributed by atoms with Crippen molar-refractivity contribution in [2.45, 2.75) is 43.0 Å².